The van der Waals surface area contributed by atoms with Gasteiger partial charge < -0.3 is 10.2 Å². The number of nitrogens with one attached hydrogen (secondary N) is 1. The lowest BCUT2D eigenvalue weighted by Gasteiger charge is -2.52. The first-order valence-electron chi connectivity index (χ1n) is 11.4. The summed E-state index contributed by atoms with van der Waals surface area (Å²) in [6.07, 6.45) is 5.12. The number of fused-ring (bicyclic) bond motifs is 1. The van der Waals surface area contributed by atoms with Crippen LogP contribution in [-0.2, 0) is 11.2 Å². The van der Waals surface area contributed by atoms with E-state index in [0.717, 1.165) is 28.1 Å². The Morgan fingerprint density at radius 2 is 1.85 bits per heavy atom. The molecule has 1 fully saturated rings. The number of hydrogen-bond donors (Lipinski definition) is 1. The lowest BCUT2D eigenvalue weighted by atomic mass is 9.89. The molecule has 1 saturated heterocycles. The minimum Gasteiger partial charge on any atom is -0.362 e. The highest BCUT2D eigenvalue weighted by Gasteiger charge is 2.47. The Hall–Kier alpha value is -3.67. The molecule has 6 heteroatoms. The number of likely N-dealkylation sites (tertiary alicyclic amines) is 1. The van der Waals surface area contributed by atoms with Crippen LogP contribution in [0.25, 0.3) is 0 Å². The highest BCUT2D eigenvalue weighted by molar-refractivity contribution is 6.12. The smallest absolute Gasteiger partial charge is 0.262 e. The lowest BCUT2D eigenvalue weighted by Crippen LogP contribution is -2.65. The van der Waals surface area contributed by atoms with Crippen molar-refractivity contribution in [2.45, 2.75) is 38.8 Å². The van der Waals surface area contributed by atoms with Crippen LogP contribution in [0.2, 0.25) is 0 Å². The molecule has 0 saturated carbocycles. The van der Waals surface area contributed by atoms with E-state index in [2.05, 4.69) is 35.4 Å². The van der Waals surface area contributed by atoms with E-state index >= 15 is 0 Å². The minimum absolute atomic E-state index is 0.0347. The molecule has 6 nitrogen and oxygen atoms in total. The van der Waals surface area contributed by atoms with E-state index in [1.165, 1.54) is 0 Å². The van der Waals surface area contributed by atoms with Gasteiger partial charge in [-0.1, -0.05) is 35.9 Å². The Labute approximate surface area is 194 Å². The van der Waals surface area contributed by atoms with Gasteiger partial charge in [-0.15, -0.1) is 0 Å². The van der Waals surface area contributed by atoms with Gasteiger partial charge in [0, 0.05) is 37.8 Å². The van der Waals surface area contributed by atoms with Gasteiger partial charge in [0.05, 0.1) is 23.9 Å². The van der Waals surface area contributed by atoms with Crippen LogP contribution in [0, 0.1) is 13.8 Å². The number of aryl methyl sites for hydroxylation is 2. The number of carbonyl (C=O) groups is 2. The maximum absolute atomic E-state index is 13.6. The van der Waals surface area contributed by atoms with Gasteiger partial charge >= 0.3 is 0 Å². The summed E-state index contributed by atoms with van der Waals surface area (Å²) in [5.41, 5.74) is 5.05. The molecular formula is C27H28N4O2. The van der Waals surface area contributed by atoms with E-state index in [1.54, 1.807) is 12.4 Å². The predicted octanol–water partition coefficient (Wildman–Crippen LogP) is 4.33. The third kappa shape index (κ3) is 3.86. The summed E-state index contributed by atoms with van der Waals surface area (Å²) >= 11 is 0. The van der Waals surface area contributed by atoms with Crippen LogP contribution in [0.15, 0.2) is 67.0 Å². The molecule has 168 valence electrons. The number of pyridine rings is 1. The molecule has 0 aliphatic carbocycles. The topological polar surface area (TPSA) is 65.5 Å². The van der Waals surface area contributed by atoms with Crippen LogP contribution in [0.1, 0.15) is 39.9 Å². The first-order chi connectivity index (χ1) is 16.0. The van der Waals surface area contributed by atoms with Crippen molar-refractivity contribution < 1.29 is 9.59 Å². The third-order valence-electron chi connectivity index (χ3n) is 6.85. The van der Waals surface area contributed by atoms with Gasteiger partial charge in [0.15, 0.2) is 0 Å². The van der Waals surface area contributed by atoms with Crippen LogP contribution in [-0.4, -0.2) is 40.5 Å². The zero-order valence-corrected chi connectivity index (χ0v) is 19.0. The zero-order chi connectivity index (χ0) is 23.0. The van der Waals surface area contributed by atoms with E-state index in [0.29, 0.717) is 37.9 Å². The molecule has 2 aliphatic rings. The second kappa shape index (κ2) is 8.35. The Morgan fingerprint density at radius 3 is 2.61 bits per heavy atom. The summed E-state index contributed by atoms with van der Waals surface area (Å²) in [6, 6.07) is 17.6. The second-order valence-electron chi connectivity index (χ2n) is 9.04. The summed E-state index contributed by atoms with van der Waals surface area (Å²) in [5.74, 6) is 0.0986. The molecule has 0 unspecified atom stereocenters. The number of carbonyl (C=O) groups excluding carboxylic acids is 2. The molecule has 0 atom stereocenters. The molecule has 1 spiro atoms. The molecule has 3 heterocycles. The van der Waals surface area contributed by atoms with Crippen molar-refractivity contribution in [3.05, 3.63) is 89.2 Å². The highest BCUT2D eigenvalue weighted by atomic mass is 16.2. The first-order valence-corrected chi connectivity index (χ1v) is 11.4. The average molecular weight is 441 g/mol. The van der Waals surface area contributed by atoms with Crippen molar-refractivity contribution >= 4 is 23.2 Å². The van der Waals surface area contributed by atoms with Crippen LogP contribution in [0.4, 0.5) is 11.4 Å². The largest absolute Gasteiger partial charge is 0.362 e. The summed E-state index contributed by atoms with van der Waals surface area (Å²) in [5, 5.41) is 3.66. The summed E-state index contributed by atoms with van der Waals surface area (Å²) in [6.45, 7) is 5.27. The van der Waals surface area contributed by atoms with Crippen molar-refractivity contribution in [3.63, 3.8) is 0 Å². The summed E-state index contributed by atoms with van der Waals surface area (Å²) in [7, 11) is 0. The maximum atomic E-state index is 13.6. The monoisotopic (exact) mass is 440 g/mol. The lowest BCUT2D eigenvalue weighted by molar-refractivity contribution is -0.131. The number of benzene rings is 2. The fourth-order valence-corrected chi connectivity index (χ4v) is 4.99. The zero-order valence-electron chi connectivity index (χ0n) is 19.0. The molecule has 0 radical (unpaired) electrons. The molecule has 2 aromatic carbocycles. The number of rotatable bonds is 3. The highest BCUT2D eigenvalue weighted by Crippen LogP contribution is 2.40. The molecular weight excluding hydrogens is 412 g/mol. The van der Waals surface area contributed by atoms with Crippen LogP contribution >= 0.6 is 0 Å². The Kier molecular flexibility index (Phi) is 5.36. The van der Waals surface area contributed by atoms with E-state index in [1.807, 2.05) is 53.1 Å². The van der Waals surface area contributed by atoms with E-state index in [4.69, 9.17) is 0 Å². The Morgan fingerprint density at radius 1 is 1.06 bits per heavy atom. The van der Waals surface area contributed by atoms with Crippen molar-refractivity contribution in [1.29, 1.82) is 0 Å². The van der Waals surface area contributed by atoms with Gasteiger partial charge in [0.2, 0.25) is 5.91 Å². The Balaban J connectivity index is 1.40. The molecule has 3 aromatic rings. The van der Waals surface area contributed by atoms with Gasteiger partial charge in [-0.05, 0) is 49.2 Å². The predicted molar refractivity (Wildman–Crippen MR) is 129 cm³/mol. The van der Waals surface area contributed by atoms with Crippen LogP contribution < -0.4 is 10.2 Å². The van der Waals surface area contributed by atoms with Crippen molar-refractivity contribution in [3.8, 4) is 0 Å². The summed E-state index contributed by atoms with van der Waals surface area (Å²) < 4.78 is 0. The number of para-hydroxylation sites is 1. The number of amides is 2. The SMILES string of the molecule is Cc1ccc(C)c(CC(=O)N2CCC3(CC2)Nc2ccccc2C(=O)N3c2cccnc2)c1. The standard InChI is InChI=1S/C27H28N4O2/c1-19-9-10-20(2)21(16-19)17-25(32)30-14-11-27(12-15-30)29-24-8-4-3-7-23(24)26(33)31(27)22-6-5-13-28-18-22/h3-10,13,16,18,29H,11-12,14-15,17H2,1-2H3. The average Bonchev–Trinajstić information content (AvgIpc) is 2.82. The number of hydrogen-bond acceptors (Lipinski definition) is 4. The number of piperidine rings is 1. The third-order valence-corrected chi connectivity index (χ3v) is 6.85. The number of anilines is 2. The van der Waals surface area contributed by atoms with Gasteiger partial charge in [0.25, 0.3) is 5.91 Å². The van der Waals surface area contributed by atoms with Crippen molar-refractivity contribution in [1.82, 2.24) is 9.88 Å². The summed E-state index contributed by atoms with van der Waals surface area (Å²) in [4.78, 5) is 34.7. The van der Waals surface area contributed by atoms with Gasteiger partial charge in [-0.3, -0.25) is 19.5 Å². The van der Waals surface area contributed by atoms with Crippen molar-refractivity contribution in [2.24, 2.45) is 0 Å². The maximum Gasteiger partial charge on any atom is 0.262 e. The molecule has 2 amide bonds. The van der Waals surface area contributed by atoms with Gasteiger partial charge in [0.1, 0.15) is 5.66 Å². The van der Waals surface area contributed by atoms with Gasteiger partial charge in [-0.2, -0.15) is 0 Å². The van der Waals surface area contributed by atoms with E-state index < -0.39 is 5.66 Å². The fraction of sp³-hybridized carbons (Fsp3) is 0.296. The van der Waals surface area contributed by atoms with Crippen molar-refractivity contribution in [2.75, 3.05) is 23.3 Å². The second-order valence-corrected chi connectivity index (χ2v) is 9.04. The molecule has 1 aromatic heterocycles. The van der Waals surface area contributed by atoms with Crippen LogP contribution in [0.3, 0.4) is 0 Å². The van der Waals surface area contributed by atoms with Gasteiger partial charge in [-0.25, -0.2) is 0 Å². The molecule has 33 heavy (non-hydrogen) atoms. The normalized spacial score (nSPS) is 17.0. The molecule has 5 rings (SSSR count). The Bertz CT molecular complexity index is 1200. The minimum atomic E-state index is -0.593. The van der Waals surface area contributed by atoms with E-state index in [-0.39, 0.29) is 11.8 Å². The molecule has 1 N–H and O–H groups in total. The molecule has 0 bridgehead atoms. The molecule has 2 aliphatic heterocycles. The van der Waals surface area contributed by atoms with E-state index in [9.17, 15) is 9.59 Å². The van der Waals surface area contributed by atoms with Crippen LogP contribution in [0.5, 0.6) is 0 Å². The fourth-order valence-electron chi connectivity index (χ4n) is 4.99. The quantitative estimate of drug-likeness (QED) is 0.658. The number of nitrogens with zero attached hydrogens (tertiary/aromatic N) is 3. The number of aromatic nitrogens is 1. The first kappa shape index (κ1) is 21.2.